The molecule has 0 rings (SSSR count). The molecule has 0 aliphatic heterocycles. The number of unbranched alkanes of at least 4 members (excludes halogenated alkanes) is 9. The Labute approximate surface area is 155 Å². The van der Waals surface area contributed by atoms with E-state index in [0.717, 1.165) is 12.8 Å². The molecular formula is C12H27KO4S. The van der Waals surface area contributed by atoms with Crippen LogP contribution in [-0.4, -0.2) is 71.0 Å². The van der Waals surface area contributed by atoms with Crippen LogP contribution in [0.3, 0.4) is 0 Å². The number of hydrogen-bond acceptors (Lipinski definition) is 3. The second-order valence-electron chi connectivity index (χ2n) is 4.43. The average molecular weight is 307 g/mol. The van der Waals surface area contributed by atoms with Gasteiger partial charge in [-0.1, -0.05) is 64.7 Å². The summed E-state index contributed by atoms with van der Waals surface area (Å²) < 4.78 is 33.0. The molecule has 0 spiro atoms. The Morgan fingerprint density at radius 2 is 1.22 bits per heavy atom. The summed E-state index contributed by atoms with van der Waals surface area (Å²) in [5.74, 6) is 0. The Bertz CT molecular complexity index is 255. The van der Waals surface area contributed by atoms with Gasteiger partial charge in [-0.05, 0) is 6.42 Å². The van der Waals surface area contributed by atoms with Crippen LogP contribution in [0.1, 0.15) is 71.1 Å². The molecule has 6 heteroatoms. The molecular weight excluding hydrogens is 279 g/mol. The molecule has 0 aliphatic carbocycles. The minimum absolute atomic E-state index is 0. The van der Waals surface area contributed by atoms with Gasteiger partial charge in [-0.2, -0.15) is 8.42 Å². The summed E-state index contributed by atoms with van der Waals surface area (Å²) in [5, 5.41) is 0. The average Bonchev–Trinajstić information content (AvgIpc) is 2.24. The van der Waals surface area contributed by atoms with Gasteiger partial charge >= 0.3 is 61.8 Å². The van der Waals surface area contributed by atoms with E-state index >= 15 is 0 Å². The van der Waals surface area contributed by atoms with Crippen LogP contribution in [-0.2, 0) is 14.6 Å². The second-order valence-corrected chi connectivity index (χ2v) is 5.52. The van der Waals surface area contributed by atoms with Crippen molar-refractivity contribution in [2.45, 2.75) is 71.1 Å². The van der Waals surface area contributed by atoms with Crippen molar-refractivity contribution in [2.24, 2.45) is 0 Å². The number of rotatable bonds is 12. The van der Waals surface area contributed by atoms with E-state index in [1.807, 2.05) is 0 Å². The number of hydrogen-bond donors (Lipinski definition) is 1. The monoisotopic (exact) mass is 306 g/mol. The molecule has 106 valence electrons. The van der Waals surface area contributed by atoms with Gasteiger partial charge in [0.25, 0.3) is 0 Å². The molecule has 0 bridgehead atoms. The van der Waals surface area contributed by atoms with E-state index in [9.17, 15) is 8.42 Å². The molecule has 18 heavy (non-hydrogen) atoms. The van der Waals surface area contributed by atoms with Gasteiger partial charge in [-0.3, -0.25) is 4.55 Å². The zero-order valence-corrected chi connectivity index (χ0v) is 11.7. The third-order valence-corrected chi connectivity index (χ3v) is 3.19. The molecule has 0 aromatic carbocycles. The van der Waals surface area contributed by atoms with Gasteiger partial charge in [0.2, 0.25) is 0 Å². The molecule has 0 heterocycles. The maximum absolute atomic E-state index is 10.2. The molecule has 0 saturated carbocycles. The Morgan fingerprint density at radius 1 is 0.833 bits per heavy atom. The molecule has 0 amide bonds. The van der Waals surface area contributed by atoms with Gasteiger partial charge in [0.1, 0.15) is 0 Å². The van der Waals surface area contributed by atoms with Gasteiger partial charge in [0, 0.05) is 0 Å². The first-order valence-corrected chi connectivity index (χ1v) is 8.04. The van der Waals surface area contributed by atoms with Crippen molar-refractivity contribution in [1.82, 2.24) is 0 Å². The summed E-state index contributed by atoms with van der Waals surface area (Å²) in [5.41, 5.74) is 0. The summed E-state index contributed by atoms with van der Waals surface area (Å²) in [6, 6.07) is 0. The zero-order chi connectivity index (χ0) is 13.0. The fourth-order valence-corrected chi connectivity index (χ4v) is 2.08. The summed E-state index contributed by atoms with van der Waals surface area (Å²) in [7, 11) is -4.23. The van der Waals surface area contributed by atoms with E-state index < -0.39 is 10.4 Å². The van der Waals surface area contributed by atoms with Crippen LogP contribution >= 0.6 is 0 Å². The summed E-state index contributed by atoms with van der Waals surface area (Å²) >= 11 is 0. The first-order chi connectivity index (χ1) is 8.06. The Hall–Kier alpha value is 1.51. The van der Waals surface area contributed by atoms with Crippen molar-refractivity contribution in [1.29, 1.82) is 0 Å². The Balaban J connectivity index is 0. The third-order valence-electron chi connectivity index (χ3n) is 2.73. The summed E-state index contributed by atoms with van der Waals surface area (Å²) in [6.07, 6.45) is 11.9. The van der Waals surface area contributed by atoms with Gasteiger partial charge in [-0.15, -0.1) is 0 Å². The van der Waals surface area contributed by atoms with Gasteiger partial charge in [0.05, 0.1) is 6.61 Å². The van der Waals surface area contributed by atoms with Gasteiger partial charge < -0.3 is 0 Å². The molecule has 0 atom stereocenters. The molecule has 4 nitrogen and oxygen atoms in total. The van der Waals surface area contributed by atoms with Crippen molar-refractivity contribution >= 4 is 61.8 Å². The molecule has 0 aromatic heterocycles. The van der Waals surface area contributed by atoms with Crippen molar-refractivity contribution in [2.75, 3.05) is 6.61 Å². The zero-order valence-electron chi connectivity index (χ0n) is 10.9. The van der Waals surface area contributed by atoms with Gasteiger partial charge in [0.15, 0.2) is 0 Å². The van der Waals surface area contributed by atoms with Crippen molar-refractivity contribution in [3.8, 4) is 0 Å². The Kier molecular flexibility index (Phi) is 18.1. The van der Waals surface area contributed by atoms with Crippen LogP contribution in [0.5, 0.6) is 0 Å². The predicted octanol–water partition coefficient (Wildman–Crippen LogP) is 3.08. The van der Waals surface area contributed by atoms with Crippen LogP contribution in [0.4, 0.5) is 0 Å². The predicted molar refractivity (Wildman–Crippen MR) is 76.5 cm³/mol. The minimum atomic E-state index is -4.23. The first-order valence-electron chi connectivity index (χ1n) is 6.68. The summed E-state index contributed by atoms with van der Waals surface area (Å²) in [4.78, 5) is 0. The summed E-state index contributed by atoms with van der Waals surface area (Å²) in [6.45, 7) is 2.31. The molecule has 0 aromatic rings. The van der Waals surface area contributed by atoms with E-state index in [2.05, 4.69) is 11.1 Å². The molecule has 1 N–H and O–H groups in total. The van der Waals surface area contributed by atoms with Crippen LogP contribution in [0.15, 0.2) is 0 Å². The molecule has 0 fully saturated rings. The fraction of sp³-hybridized carbons (Fsp3) is 1.00. The fourth-order valence-electron chi connectivity index (χ4n) is 1.75. The molecule has 0 saturated heterocycles. The standard InChI is InChI=1S/C12H26O4S.K.H/c1-2-3-4-5-6-7-8-9-10-11-12-16-17(13,14)15;;/h2-12H2,1H3,(H,13,14,15);;. The quantitative estimate of drug-likeness (QED) is 0.342. The molecule has 0 aliphatic rings. The van der Waals surface area contributed by atoms with Crippen molar-refractivity contribution < 1.29 is 17.2 Å². The van der Waals surface area contributed by atoms with E-state index in [-0.39, 0.29) is 58.0 Å². The second kappa shape index (κ2) is 14.9. The van der Waals surface area contributed by atoms with Crippen molar-refractivity contribution in [3.63, 3.8) is 0 Å². The van der Waals surface area contributed by atoms with Gasteiger partial charge in [-0.25, -0.2) is 4.18 Å². The molecule has 0 radical (unpaired) electrons. The van der Waals surface area contributed by atoms with Crippen LogP contribution < -0.4 is 0 Å². The van der Waals surface area contributed by atoms with Crippen LogP contribution in [0.25, 0.3) is 0 Å². The SMILES string of the molecule is CCCCCCCCCCCCOS(=O)(=O)O.[KH]. The van der Waals surface area contributed by atoms with Crippen LogP contribution in [0.2, 0.25) is 0 Å². The van der Waals surface area contributed by atoms with E-state index in [0.29, 0.717) is 6.42 Å². The first kappa shape index (κ1) is 21.8. The normalized spacial score (nSPS) is 11.2. The Morgan fingerprint density at radius 3 is 1.61 bits per heavy atom. The third kappa shape index (κ3) is 19.8. The van der Waals surface area contributed by atoms with Crippen LogP contribution in [0, 0.1) is 0 Å². The molecule has 0 unspecified atom stereocenters. The van der Waals surface area contributed by atoms with E-state index in [4.69, 9.17) is 4.55 Å². The van der Waals surface area contributed by atoms with E-state index in [1.54, 1.807) is 0 Å². The van der Waals surface area contributed by atoms with E-state index in [1.165, 1.54) is 44.9 Å². The maximum atomic E-state index is 10.2. The topological polar surface area (TPSA) is 63.6 Å². The van der Waals surface area contributed by atoms with Crippen molar-refractivity contribution in [3.05, 3.63) is 0 Å².